The Morgan fingerprint density at radius 1 is 1.05 bits per heavy atom. The minimum atomic E-state index is 0.774. The predicted molar refractivity (Wildman–Crippen MR) is 89.3 cm³/mol. The van der Waals surface area contributed by atoms with Crippen LogP contribution >= 0.6 is 15.9 Å². The second-order valence-corrected chi connectivity index (χ2v) is 7.04. The van der Waals surface area contributed by atoms with Gasteiger partial charge >= 0.3 is 0 Å². The van der Waals surface area contributed by atoms with Gasteiger partial charge in [0, 0.05) is 35.8 Å². The van der Waals surface area contributed by atoms with Gasteiger partial charge in [0.05, 0.1) is 0 Å². The van der Waals surface area contributed by atoms with Gasteiger partial charge in [0.1, 0.15) is 0 Å². The smallest absolute Gasteiger partial charge is 0.0377 e. The first kappa shape index (κ1) is 14.4. The van der Waals surface area contributed by atoms with Crippen LogP contribution in [0.1, 0.15) is 50.5 Å². The highest BCUT2D eigenvalue weighted by molar-refractivity contribution is 9.10. The SMILES string of the molecule is Brc1cc(N2CCCCCCC2)ccc1CNC1CC1. The Kier molecular flexibility index (Phi) is 5.00. The first-order valence-corrected chi connectivity index (χ1v) is 8.89. The van der Waals surface area contributed by atoms with Crippen LogP contribution in [0.25, 0.3) is 0 Å². The molecule has 0 radical (unpaired) electrons. The highest BCUT2D eigenvalue weighted by atomic mass is 79.9. The maximum Gasteiger partial charge on any atom is 0.0377 e. The molecule has 1 saturated heterocycles. The molecule has 1 heterocycles. The quantitative estimate of drug-likeness (QED) is 0.872. The number of hydrogen-bond acceptors (Lipinski definition) is 2. The molecule has 20 heavy (non-hydrogen) atoms. The minimum Gasteiger partial charge on any atom is -0.372 e. The van der Waals surface area contributed by atoms with Crippen molar-refractivity contribution < 1.29 is 0 Å². The maximum atomic E-state index is 3.75. The molecule has 1 aliphatic carbocycles. The largest absolute Gasteiger partial charge is 0.372 e. The molecule has 0 spiro atoms. The summed E-state index contributed by atoms with van der Waals surface area (Å²) < 4.78 is 1.25. The molecule has 110 valence electrons. The van der Waals surface area contributed by atoms with E-state index in [1.165, 1.54) is 73.8 Å². The molecular formula is C17H25BrN2. The van der Waals surface area contributed by atoms with Crippen molar-refractivity contribution in [1.29, 1.82) is 0 Å². The van der Waals surface area contributed by atoms with E-state index >= 15 is 0 Å². The fourth-order valence-corrected chi connectivity index (χ4v) is 3.43. The minimum absolute atomic E-state index is 0.774. The summed E-state index contributed by atoms with van der Waals surface area (Å²) in [4.78, 5) is 2.56. The molecular weight excluding hydrogens is 312 g/mol. The lowest BCUT2D eigenvalue weighted by molar-refractivity contribution is 0.556. The summed E-state index contributed by atoms with van der Waals surface area (Å²) in [5.74, 6) is 0. The second kappa shape index (κ2) is 6.95. The second-order valence-electron chi connectivity index (χ2n) is 6.19. The Morgan fingerprint density at radius 3 is 2.40 bits per heavy atom. The predicted octanol–water partition coefficient (Wildman–Crippen LogP) is 4.47. The molecule has 0 bridgehead atoms. The molecule has 1 aromatic rings. The Labute approximate surface area is 131 Å². The molecule has 0 aromatic heterocycles. The van der Waals surface area contributed by atoms with Gasteiger partial charge in [-0.15, -0.1) is 0 Å². The van der Waals surface area contributed by atoms with Crippen LogP contribution in [-0.2, 0) is 6.54 Å². The summed E-state index contributed by atoms with van der Waals surface area (Å²) in [5, 5.41) is 3.59. The molecule has 1 aliphatic heterocycles. The van der Waals surface area contributed by atoms with Crippen molar-refractivity contribution in [2.45, 2.75) is 57.5 Å². The molecule has 2 aliphatic rings. The number of rotatable bonds is 4. The highest BCUT2D eigenvalue weighted by Gasteiger charge is 2.20. The van der Waals surface area contributed by atoms with E-state index in [-0.39, 0.29) is 0 Å². The van der Waals surface area contributed by atoms with E-state index < -0.39 is 0 Å². The number of nitrogens with zero attached hydrogens (tertiary/aromatic N) is 1. The van der Waals surface area contributed by atoms with Gasteiger partial charge in [0.2, 0.25) is 0 Å². The Balaban J connectivity index is 1.64. The summed E-state index contributed by atoms with van der Waals surface area (Å²) >= 11 is 3.75. The van der Waals surface area contributed by atoms with Gasteiger partial charge in [-0.05, 0) is 43.4 Å². The number of nitrogens with one attached hydrogen (secondary N) is 1. The Hall–Kier alpha value is -0.540. The van der Waals surface area contributed by atoms with Gasteiger partial charge < -0.3 is 10.2 Å². The van der Waals surface area contributed by atoms with Crippen LogP contribution in [-0.4, -0.2) is 19.1 Å². The normalized spacial score (nSPS) is 20.6. The zero-order valence-electron chi connectivity index (χ0n) is 12.2. The van der Waals surface area contributed by atoms with E-state index in [0.717, 1.165) is 12.6 Å². The van der Waals surface area contributed by atoms with Gasteiger partial charge in [-0.25, -0.2) is 0 Å². The van der Waals surface area contributed by atoms with Crippen LogP contribution in [0, 0.1) is 0 Å². The van der Waals surface area contributed by atoms with Crippen LogP contribution in [0.3, 0.4) is 0 Å². The lowest BCUT2D eigenvalue weighted by Gasteiger charge is -2.27. The maximum absolute atomic E-state index is 3.75. The third-order valence-electron chi connectivity index (χ3n) is 4.42. The van der Waals surface area contributed by atoms with Gasteiger partial charge in [-0.2, -0.15) is 0 Å². The summed E-state index contributed by atoms with van der Waals surface area (Å²) in [6.07, 6.45) is 9.57. The molecule has 0 amide bonds. The van der Waals surface area contributed by atoms with E-state index in [0.29, 0.717) is 0 Å². The lowest BCUT2D eigenvalue weighted by Crippen LogP contribution is -2.27. The third-order valence-corrected chi connectivity index (χ3v) is 5.15. The van der Waals surface area contributed by atoms with E-state index in [1.54, 1.807) is 0 Å². The van der Waals surface area contributed by atoms with Crippen LogP contribution in [0.15, 0.2) is 22.7 Å². The van der Waals surface area contributed by atoms with E-state index in [9.17, 15) is 0 Å². The molecule has 1 aromatic carbocycles. The highest BCUT2D eigenvalue weighted by Crippen LogP contribution is 2.27. The third kappa shape index (κ3) is 3.98. The van der Waals surface area contributed by atoms with Crippen molar-refractivity contribution in [2.24, 2.45) is 0 Å². The topological polar surface area (TPSA) is 15.3 Å². The number of benzene rings is 1. The first-order chi connectivity index (χ1) is 9.83. The van der Waals surface area contributed by atoms with Crippen molar-refractivity contribution in [2.75, 3.05) is 18.0 Å². The van der Waals surface area contributed by atoms with Crippen LogP contribution in [0.2, 0.25) is 0 Å². The zero-order chi connectivity index (χ0) is 13.8. The monoisotopic (exact) mass is 336 g/mol. The molecule has 3 heteroatoms. The first-order valence-electron chi connectivity index (χ1n) is 8.10. The van der Waals surface area contributed by atoms with Crippen molar-refractivity contribution in [3.63, 3.8) is 0 Å². The summed E-state index contributed by atoms with van der Waals surface area (Å²) in [5.41, 5.74) is 2.77. The van der Waals surface area contributed by atoms with Gasteiger partial charge in [-0.3, -0.25) is 0 Å². The molecule has 0 atom stereocenters. The van der Waals surface area contributed by atoms with Crippen molar-refractivity contribution in [3.05, 3.63) is 28.2 Å². The van der Waals surface area contributed by atoms with Crippen LogP contribution in [0.5, 0.6) is 0 Å². The van der Waals surface area contributed by atoms with Crippen molar-refractivity contribution in [1.82, 2.24) is 5.32 Å². The van der Waals surface area contributed by atoms with Gasteiger partial charge in [0.25, 0.3) is 0 Å². The average molecular weight is 337 g/mol. The van der Waals surface area contributed by atoms with E-state index in [1.807, 2.05) is 0 Å². The fraction of sp³-hybridized carbons (Fsp3) is 0.647. The Morgan fingerprint density at radius 2 is 1.75 bits per heavy atom. The molecule has 1 N–H and O–H groups in total. The van der Waals surface area contributed by atoms with Crippen LogP contribution in [0.4, 0.5) is 5.69 Å². The molecule has 0 unspecified atom stereocenters. The number of halogens is 1. The average Bonchev–Trinajstić information content (AvgIpc) is 3.21. The summed E-state index contributed by atoms with van der Waals surface area (Å²) in [6, 6.07) is 7.67. The summed E-state index contributed by atoms with van der Waals surface area (Å²) in [6.45, 7) is 3.42. The Bertz CT molecular complexity index is 435. The molecule has 3 rings (SSSR count). The lowest BCUT2D eigenvalue weighted by atomic mass is 10.1. The van der Waals surface area contributed by atoms with E-state index in [2.05, 4.69) is 44.3 Å². The van der Waals surface area contributed by atoms with Crippen molar-refractivity contribution in [3.8, 4) is 0 Å². The summed E-state index contributed by atoms with van der Waals surface area (Å²) in [7, 11) is 0. The fourth-order valence-electron chi connectivity index (χ4n) is 2.92. The molecule has 2 nitrogen and oxygen atoms in total. The number of hydrogen-bond donors (Lipinski definition) is 1. The standard InChI is InChI=1S/C17H25BrN2/c18-17-12-16(20-10-4-2-1-3-5-11-20)9-6-14(17)13-19-15-7-8-15/h6,9,12,15,19H,1-5,7-8,10-11,13H2. The molecule has 1 saturated carbocycles. The zero-order valence-corrected chi connectivity index (χ0v) is 13.8. The van der Waals surface area contributed by atoms with Gasteiger partial charge in [0.15, 0.2) is 0 Å². The van der Waals surface area contributed by atoms with Crippen LogP contribution < -0.4 is 10.2 Å². The number of anilines is 1. The van der Waals surface area contributed by atoms with E-state index in [4.69, 9.17) is 0 Å². The molecule has 2 fully saturated rings. The van der Waals surface area contributed by atoms with Crippen molar-refractivity contribution >= 4 is 21.6 Å². The van der Waals surface area contributed by atoms with Gasteiger partial charge in [-0.1, -0.05) is 41.3 Å².